The highest BCUT2D eigenvalue weighted by atomic mass is 35.5. The van der Waals surface area contributed by atoms with Crippen LogP contribution in [0.4, 0.5) is 0 Å². The lowest BCUT2D eigenvalue weighted by atomic mass is 10.1. The van der Waals surface area contributed by atoms with Crippen LogP contribution in [-0.2, 0) is 4.79 Å². The maximum Gasteiger partial charge on any atom is 0.142 e. The van der Waals surface area contributed by atoms with Crippen molar-refractivity contribution in [3.8, 4) is 6.07 Å². The van der Waals surface area contributed by atoms with Gasteiger partial charge in [0.05, 0.1) is 11.6 Å². The van der Waals surface area contributed by atoms with Crippen molar-refractivity contribution in [3.05, 3.63) is 40.4 Å². The zero-order chi connectivity index (χ0) is 9.68. The van der Waals surface area contributed by atoms with Crippen LogP contribution < -0.4 is 0 Å². The zero-order valence-electron chi connectivity index (χ0n) is 6.70. The van der Waals surface area contributed by atoms with E-state index >= 15 is 0 Å². The van der Waals surface area contributed by atoms with Gasteiger partial charge in [0.15, 0.2) is 0 Å². The summed E-state index contributed by atoms with van der Waals surface area (Å²) in [5.74, 6) is 0. The molecule has 0 saturated carbocycles. The second kappa shape index (κ2) is 4.44. The number of hydrogen-bond donors (Lipinski definition) is 0. The molecular formula is C10H6ClNO. The number of hydrogen-bond acceptors (Lipinski definition) is 2. The summed E-state index contributed by atoms with van der Waals surface area (Å²) < 4.78 is 0. The molecule has 0 heterocycles. The van der Waals surface area contributed by atoms with E-state index in [2.05, 4.69) is 0 Å². The van der Waals surface area contributed by atoms with Crippen LogP contribution in [0.1, 0.15) is 11.1 Å². The number of benzene rings is 1. The highest BCUT2D eigenvalue weighted by molar-refractivity contribution is 6.30. The largest absolute Gasteiger partial charge is 0.299 e. The first-order valence-electron chi connectivity index (χ1n) is 3.59. The van der Waals surface area contributed by atoms with E-state index in [1.165, 1.54) is 6.08 Å². The molecule has 0 atom stereocenters. The normalized spacial score (nSPS) is 9.85. The van der Waals surface area contributed by atoms with Gasteiger partial charge in [-0.25, -0.2) is 0 Å². The second-order valence-electron chi connectivity index (χ2n) is 2.38. The van der Waals surface area contributed by atoms with E-state index in [-0.39, 0.29) is 0 Å². The minimum Gasteiger partial charge on any atom is -0.299 e. The number of allylic oxidation sites excluding steroid dienone is 1. The summed E-state index contributed by atoms with van der Waals surface area (Å²) in [6.07, 6.45) is 3.62. The lowest BCUT2D eigenvalue weighted by Gasteiger charge is -1.95. The van der Waals surface area contributed by atoms with Crippen molar-refractivity contribution in [3.63, 3.8) is 0 Å². The monoisotopic (exact) mass is 191 g/mol. The fourth-order valence-electron chi connectivity index (χ4n) is 0.924. The summed E-state index contributed by atoms with van der Waals surface area (Å²) in [4.78, 5) is 10.0. The molecule has 0 amide bonds. The van der Waals surface area contributed by atoms with Crippen molar-refractivity contribution in [2.45, 2.75) is 0 Å². The molecule has 0 N–H and O–H groups in total. The van der Waals surface area contributed by atoms with Gasteiger partial charge < -0.3 is 0 Å². The number of aldehydes is 1. The SMILES string of the molecule is N#Cc1cc(Cl)cc(/C=C/C=O)c1. The van der Waals surface area contributed by atoms with Crippen LogP contribution >= 0.6 is 11.6 Å². The lowest BCUT2D eigenvalue weighted by Crippen LogP contribution is -1.78. The average Bonchev–Trinajstić information content (AvgIpc) is 2.14. The van der Waals surface area contributed by atoms with Gasteiger partial charge in [-0.3, -0.25) is 4.79 Å². The third-order valence-corrected chi connectivity index (χ3v) is 1.63. The molecule has 3 heteroatoms. The van der Waals surface area contributed by atoms with Gasteiger partial charge in [0.2, 0.25) is 0 Å². The third-order valence-electron chi connectivity index (χ3n) is 1.42. The third kappa shape index (κ3) is 2.73. The molecule has 2 nitrogen and oxygen atoms in total. The predicted molar refractivity (Wildman–Crippen MR) is 51.3 cm³/mol. The Morgan fingerprint density at radius 3 is 2.77 bits per heavy atom. The molecule has 0 bridgehead atoms. The van der Waals surface area contributed by atoms with Crippen molar-refractivity contribution in [2.75, 3.05) is 0 Å². The zero-order valence-corrected chi connectivity index (χ0v) is 7.45. The van der Waals surface area contributed by atoms with Crippen LogP contribution in [0, 0.1) is 11.3 Å². The Morgan fingerprint density at radius 1 is 1.38 bits per heavy atom. The lowest BCUT2D eigenvalue weighted by molar-refractivity contribution is -0.104. The highest BCUT2D eigenvalue weighted by Gasteiger charge is 1.95. The molecule has 0 aromatic heterocycles. The Balaban J connectivity index is 3.10. The molecule has 1 aromatic rings. The summed E-state index contributed by atoms with van der Waals surface area (Å²) in [5, 5.41) is 9.10. The van der Waals surface area contributed by atoms with Gasteiger partial charge in [-0.15, -0.1) is 0 Å². The second-order valence-corrected chi connectivity index (χ2v) is 2.82. The van der Waals surface area contributed by atoms with Crippen molar-refractivity contribution in [2.24, 2.45) is 0 Å². The number of nitrogens with zero attached hydrogens (tertiary/aromatic N) is 1. The summed E-state index contributed by atoms with van der Waals surface area (Å²) >= 11 is 5.73. The van der Waals surface area contributed by atoms with Crippen molar-refractivity contribution < 1.29 is 4.79 Å². The summed E-state index contributed by atoms with van der Waals surface area (Å²) in [7, 11) is 0. The molecule has 0 aliphatic carbocycles. The molecular weight excluding hydrogens is 186 g/mol. The first-order valence-corrected chi connectivity index (χ1v) is 3.96. The molecule has 0 radical (unpaired) electrons. The first kappa shape index (κ1) is 9.50. The van der Waals surface area contributed by atoms with Crippen molar-refractivity contribution in [1.29, 1.82) is 5.26 Å². The number of rotatable bonds is 2. The summed E-state index contributed by atoms with van der Waals surface area (Å²) in [6.45, 7) is 0. The van der Waals surface area contributed by atoms with E-state index in [0.29, 0.717) is 16.9 Å². The fourth-order valence-corrected chi connectivity index (χ4v) is 1.17. The standard InChI is InChI=1S/C10H6ClNO/c11-10-5-8(2-1-3-13)4-9(6-10)7-12/h1-6H/b2-1+. The van der Waals surface area contributed by atoms with Gasteiger partial charge in [0.1, 0.15) is 6.29 Å². The molecule has 0 unspecified atom stereocenters. The Kier molecular flexibility index (Phi) is 3.24. The maximum absolute atomic E-state index is 10.0. The van der Waals surface area contributed by atoms with Gasteiger partial charge in [-0.05, 0) is 29.8 Å². The molecule has 0 spiro atoms. The van der Waals surface area contributed by atoms with E-state index in [4.69, 9.17) is 16.9 Å². The molecule has 13 heavy (non-hydrogen) atoms. The van der Waals surface area contributed by atoms with E-state index in [1.807, 2.05) is 6.07 Å². The van der Waals surface area contributed by atoms with Crippen LogP contribution in [0.25, 0.3) is 6.08 Å². The van der Waals surface area contributed by atoms with E-state index in [1.54, 1.807) is 24.3 Å². The first-order chi connectivity index (χ1) is 6.26. The van der Waals surface area contributed by atoms with E-state index < -0.39 is 0 Å². The molecule has 0 aliphatic rings. The van der Waals surface area contributed by atoms with Gasteiger partial charge in [-0.2, -0.15) is 5.26 Å². The van der Waals surface area contributed by atoms with Crippen LogP contribution in [0.2, 0.25) is 5.02 Å². The smallest absolute Gasteiger partial charge is 0.142 e. The number of carbonyl (C=O) groups is 1. The van der Waals surface area contributed by atoms with Crippen molar-refractivity contribution in [1.82, 2.24) is 0 Å². The summed E-state index contributed by atoms with van der Waals surface area (Å²) in [5.41, 5.74) is 1.23. The maximum atomic E-state index is 10.0. The van der Waals surface area contributed by atoms with Gasteiger partial charge in [0, 0.05) is 5.02 Å². The van der Waals surface area contributed by atoms with Crippen LogP contribution in [0.3, 0.4) is 0 Å². The fraction of sp³-hybridized carbons (Fsp3) is 0. The van der Waals surface area contributed by atoms with Crippen LogP contribution in [-0.4, -0.2) is 6.29 Å². The predicted octanol–water partition coefficient (Wildman–Crippen LogP) is 2.42. The summed E-state index contributed by atoms with van der Waals surface area (Å²) in [6, 6.07) is 6.89. The van der Waals surface area contributed by atoms with Gasteiger partial charge >= 0.3 is 0 Å². The molecule has 1 rings (SSSR count). The Labute approximate surface area is 81.1 Å². The molecule has 64 valence electrons. The van der Waals surface area contributed by atoms with E-state index in [9.17, 15) is 4.79 Å². The number of carbonyl (C=O) groups excluding carboxylic acids is 1. The Hall–Kier alpha value is -1.59. The van der Waals surface area contributed by atoms with Crippen molar-refractivity contribution >= 4 is 24.0 Å². The van der Waals surface area contributed by atoms with Gasteiger partial charge in [-0.1, -0.05) is 17.7 Å². The van der Waals surface area contributed by atoms with E-state index in [0.717, 1.165) is 5.56 Å². The Bertz CT molecular complexity index is 390. The number of halogens is 1. The minimum absolute atomic E-state index is 0.484. The molecule has 0 fully saturated rings. The molecule has 0 aliphatic heterocycles. The average molecular weight is 192 g/mol. The van der Waals surface area contributed by atoms with Gasteiger partial charge in [0.25, 0.3) is 0 Å². The number of nitriles is 1. The molecule has 1 aromatic carbocycles. The van der Waals surface area contributed by atoms with Crippen LogP contribution in [0.5, 0.6) is 0 Å². The Morgan fingerprint density at radius 2 is 2.15 bits per heavy atom. The topological polar surface area (TPSA) is 40.9 Å². The molecule has 0 saturated heterocycles. The van der Waals surface area contributed by atoms with Crippen LogP contribution in [0.15, 0.2) is 24.3 Å². The minimum atomic E-state index is 0.484. The highest BCUT2D eigenvalue weighted by Crippen LogP contribution is 2.15. The quantitative estimate of drug-likeness (QED) is 0.532.